The summed E-state index contributed by atoms with van der Waals surface area (Å²) in [6.45, 7) is 0.428. The van der Waals surface area contributed by atoms with Crippen molar-refractivity contribution in [3.05, 3.63) is 23.8 Å². The number of esters is 1. The van der Waals surface area contributed by atoms with Gasteiger partial charge >= 0.3 is 12.0 Å². The number of urea groups is 1. The highest BCUT2D eigenvalue weighted by molar-refractivity contribution is 7.98. The maximum atomic E-state index is 12.0. The molecule has 2 amide bonds. The van der Waals surface area contributed by atoms with Gasteiger partial charge in [-0.3, -0.25) is 0 Å². The lowest BCUT2D eigenvalue weighted by molar-refractivity contribution is -0.142. The lowest BCUT2D eigenvalue weighted by Gasteiger charge is -2.16. The van der Waals surface area contributed by atoms with E-state index >= 15 is 0 Å². The summed E-state index contributed by atoms with van der Waals surface area (Å²) in [4.78, 5) is 23.6. The van der Waals surface area contributed by atoms with E-state index in [1.54, 1.807) is 26.0 Å². The van der Waals surface area contributed by atoms with Crippen molar-refractivity contribution in [1.82, 2.24) is 10.6 Å². The fourth-order valence-corrected chi connectivity index (χ4v) is 2.66. The zero-order valence-electron chi connectivity index (χ0n) is 15.1. The van der Waals surface area contributed by atoms with Gasteiger partial charge in [-0.25, -0.2) is 9.59 Å². The van der Waals surface area contributed by atoms with E-state index in [0.29, 0.717) is 30.9 Å². The normalized spacial score (nSPS) is 11.4. The van der Waals surface area contributed by atoms with E-state index in [1.165, 1.54) is 7.11 Å². The van der Waals surface area contributed by atoms with Gasteiger partial charge in [0.15, 0.2) is 11.5 Å². The van der Waals surface area contributed by atoms with Gasteiger partial charge in [0, 0.05) is 6.54 Å². The molecule has 0 heterocycles. The molecule has 0 aromatic heterocycles. The smallest absolute Gasteiger partial charge is 0.328 e. The number of amides is 2. The highest BCUT2D eigenvalue weighted by Crippen LogP contribution is 2.27. The summed E-state index contributed by atoms with van der Waals surface area (Å²) in [6, 6.07) is 4.57. The zero-order chi connectivity index (χ0) is 18.7. The van der Waals surface area contributed by atoms with Crippen LogP contribution in [-0.4, -0.2) is 57.9 Å². The number of thioether (sulfide) groups is 1. The SMILES string of the molecule is COC(=O)C(CCSC)NC(=O)NCCc1ccc(OC)c(OC)c1. The number of carbonyl (C=O) groups excluding carboxylic acids is 2. The van der Waals surface area contributed by atoms with Crippen LogP contribution in [0.15, 0.2) is 18.2 Å². The second-order valence-electron chi connectivity index (χ2n) is 5.20. The number of hydrogen-bond donors (Lipinski definition) is 2. The van der Waals surface area contributed by atoms with Crippen LogP contribution in [-0.2, 0) is 16.0 Å². The van der Waals surface area contributed by atoms with E-state index in [1.807, 2.05) is 24.5 Å². The molecule has 1 aromatic carbocycles. The molecule has 140 valence electrons. The number of ether oxygens (including phenoxy) is 3. The van der Waals surface area contributed by atoms with E-state index in [0.717, 1.165) is 11.3 Å². The van der Waals surface area contributed by atoms with Crippen molar-refractivity contribution in [2.45, 2.75) is 18.9 Å². The number of nitrogens with one attached hydrogen (secondary N) is 2. The summed E-state index contributed by atoms with van der Waals surface area (Å²) in [5.74, 6) is 1.62. The third-order valence-electron chi connectivity index (χ3n) is 3.55. The summed E-state index contributed by atoms with van der Waals surface area (Å²) < 4.78 is 15.2. The van der Waals surface area contributed by atoms with Gasteiger partial charge in [0.25, 0.3) is 0 Å². The minimum atomic E-state index is -0.640. The van der Waals surface area contributed by atoms with Crippen molar-refractivity contribution in [2.24, 2.45) is 0 Å². The molecule has 2 N–H and O–H groups in total. The zero-order valence-corrected chi connectivity index (χ0v) is 15.9. The van der Waals surface area contributed by atoms with Gasteiger partial charge in [-0.15, -0.1) is 0 Å². The van der Waals surface area contributed by atoms with E-state index in [4.69, 9.17) is 14.2 Å². The van der Waals surface area contributed by atoms with Crippen LogP contribution in [0.4, 0.5) is 4.79 Å². The van der Waals surface area contributed by atoms with Crippen molar-refractivity contribution in [3.63, 3.8) is 0 Å². The monoisotopic (exact) mass is 370 g/mol. The Hall–Kier alpha value is -2.09. The first-order valence-electron chi connectivity index (χ1n) is 7.87. The fourth-order valence-electron chi connectivity index (χ4n) is 2.19. The van der Waals surface area contributed by atoms with Crippen molar-refractivity contribution in [1.29, 1.82) is 0 Å². The molecule has 0 aliphatic carbocycles. The third kappa shape index (κ3) is 7.13. The first kappa shape index (κ1) is 21.0. The Morgan fingerprint density at radius 2 is 1.88 bits per heavy atom. The highest BCUT2D eigenvalue weighted by Gasteiger charge is 2.20. The van der Waals surface area contributed by atoms with Gasteiger partial charge < -0.3 is 24.8 Å². The second kappa shape index (κ2) is 11.5. The minimum absolute atomic E-state index is 0.392. The Bertz CT molecular complexity index is 568. The van der Waals surface area contributed by atoms with Crippen molar-refractivity contribution in [2.75, 3.05) is 39.9 Å². The molecule has 1 aromatic rings. The number of hydrogen-bond acceptors (Lipinski definition) is 6. The van der Waals surface area contributed by atoms with Crippen LogP contribution in [0, 0.1) is 0 Å². The van der Waals surface area contributed by atoms with Gasteiger partial charge in [0.05, 0.1) is 21.3 Å². The Labute approximate surface area is 152 Å². The van der Waals surface area contributed by atoms with Gasteiger partial charge in [-0.1, -0.05) is 6.07 Å². The van der Waals surface area contributed by atoms with E-state index in [-0.39, 0.29) is 0 Å². The lowest BCUT2D eigenvalue weighted by atomic mass is 10.1. The average Bonchev–Trinajstić information content (AvgIpc) is 2.64. The Morgan fingerprint density at radius 3 is 2.48 bits per heavy atom. The average molecular weight is 370 g/mol. The van der Waals surface area contributed by atoms with E-state index in [9.17, 15) is 9.59 Å². The van der Waals surface area contributed by atoms with Gasteiger partial charge in [-0.05, 0) is 42.5 Å². The maximum absolute atomic E-state index is 12.0. The highest BCUT2D eigenvalue weighted by atomic mass is 32.2. The fraction of sp³-hybridized carbons (Fsp3) is 0.529. The third-order valence-corrected chi connectivity index (χ3v) is 4.19. The molecular formula is C17H26N2O5S. The molecule has 0 saturated heterocycles. The van der Waals surface area contributed by atoms with Crippen molar-refractivity contribution >= 4 is 23.8 Å². The summed E-state index contributed by atoms with van der Waals surface area (Å²) >= 11 is 1.60. The number of carbonyl (C=O) groups is 2. The van der Waals surface area contributed by atoms with Gasteiger partial charge in [-0.2, -0.15) is 11.8 Å². The van der Waals surface area contributed by atoms with Crippen LogP contribution in [0.5, 0.6) is 11.5 Å². The molecule has 7 nitrogen and oxygen atoms in total. The number of methoxy groups -OCH3 is 3. The minimum Gasteiger partial charge on any atom is -0.493 e. The Kier molecular flexibility index (Phi) is 9.61. The van der Waals surface area contributed by atoms with Gasteiger partial charge in [0.2, 0.25) is 0 Å². The van der Waals surface area contributed by atoms with E-state index in [2.05, 4.69) is 10.6 Å². The first-order valence-corrected chi connectivity index (χ1v) is 9.27. The largest absolute Gasteiger partial charge is 0.493 e. The van der Waals surface area contributed by atoms with Crippen LogP contribution < -0.4 is 20.1 Å². The lowest BCUT2D eigenvalue weighted by Crippen LogP contribution is -2.47. The van der Waals surface area contributed by atoms with Crippen LogP contribution in [0.2, 0.25) is 0 Å². The standard InChI is InChI=1S/C17H26N2O5S/c1-22-14-6-5-12(11-15(14)23-2)7-9-18-17(21)19-13(8-10-25-4)16(20)24-3/h5-6,11,13H,7-10H2,1-4H3,(H2,18,19,21). The molecule has 0 spiro atoms. The maximum Gasteiger partial charge on any atom is 0.328 e. The topological polar surface area (TPSA) is 85.9 Å². The van der Waals surface area contributed by atoms with Crippen LogP contribution in [0.25, 0.3) is 0 Å². The van der Waals surface area contributed by atoms with Crippen LogP contribution in [0.3, 0.4) is 0 Å². The molecule has 0 aliphatic heterocycles. The molecule has 0 fully saturated rings. The molecule has 1 unspecified atom stereocenters. The summed E-state index contributed by atoms with van der Waals surface area (Å²) in [6.07, 6.45) is 3.09. The molecule has 1 atom stereocenters. The van der Waals surface area contributed by atoms with Crippen LogP contribution >= 0.6 is 11.8 Å². The molecule has 0 bridgehead atoms. The van der Waals surface area contributed by atoms with Crippen molar-refractivity contribution in [3.8, 4) is 11.5 Å². The predicted molar refractivity (Wildman–Crippen MR) is 98.6 cm³/mol. The quantitative estimate of drug-likeness (QED) is 0.611. The summed E-state index contributed by atoms with van der Waals surface area (Å²) in [7, 11) is 4.47. The molecule has 8 heteroatoms. The molecule has 0 radical (unpaired) electrons. The Balaban J connectivity index is 2.49. The molecule has 25 heavy (non-hydrogen) atoms. The number of rotatable bonds is 10. The Morgan fingerprint density at radius 1 is 1.16 bits per heavy atom. The summed E-state index contributed by atoms with van der Waals surface area (Å²) in [5.41, 5.74) is 1.00. The second-order valence-corrected chi connectivity index (χ2v) is 6.18. The predicted octanol–water partition coefficient (Wildman–Crippen LogP) is 1.84. The summed E-state index contributed by atoms with van der Waals surface area (Å²) in [5, 5.41) is 5.39. The molecule has 0 aliphatic rings. The first-order chi connectivity index (χ1) is 12.0. The number of benzene rings is 1. The molecular weight excluding hydrogens is 344 g/mol. The van der Waals surface area contributed by atoms with Crippen molar-refractivity contribution < 1.29 is 23.8 Å². The molecule has 0 saturated carbocycles. The van der Waals surface area contributed by atoms with E-state index < -0.39 is 18.0 Å². The van der Waals surface area contributed by atoms with Gasteiger partial charge in [0.1, 0.15) is 6.04 Å². The van der Waals surface area contributed by atoms with Crippen LogP contribution in [0.1, 0.15) is 12.0 Å². The molecule has 1 rings (SSSR count).